The van der Waals surface area contributed by atoms with Crippen LogP contribution in [0.4, 0.5) is 24.5 Å². The van der Waals surface area contributed by atoms with E-state index in [1.165, 1.54) is 35.2 Å². The van der Waals surface area contributed by atoms with Crippen molar-refractivity contribution in [3.63, 3.8) is 0 Å². The Labute approximate surface area is 239 Å². The molecule has 2 N–H and O–H groups in total. The maximum absolute atomic E-state index is 15.4. The molecule has 1 atom stereocenters. The Morgan fingerprint density at radius 1 is 1.19 bits per heavy atom. The molecule has 9 nitrogen and oxygen atoms in total. The Kier molecular flexibility index (Phi) is 6.48. The lowest BCUT2D eigenvalue weighted by molar-refractivity contribution is -0.0280. The van der Waals surface area contributed by atoms with E-state index in [-0.39, 0.29) is 24.1 Å². The van der Waals surface area contributed by atoms with E-state index in [1.807, 2.05) is 0 Å². The third-order valence-electron chi connectivity index (χ3n) is 8.12. The Morgan fingerprint density at radius 3 is 2.64 bits per heavy atom. The molecule has 1 saturated heterocycles. The number of pyridine rings is 3. The maximum Gasteiger partial charge on any atom is 0.341 e. The molecule has 1 unspecified atom stereocenters. The number of anilines is 2. The molecule has 6 rings (SSSR count). The number of hydrogen-bond acceptors (Lipinski definition) is 7. The SMILES string of the molecule is CNc1cc(F)cc2c1Cc1ncc(-c3cnc4c(c3)c(=O)c(C(=O)O)cn4C)c(N3CC(CN(C)C)C(F)(F)C3)c1-2. The minimum Gasteiger partial charge on any atom is -0.477 e. The van der Waals surface area contributed by atoms with Crippen molar-refractivity contribution >= 4 is 28.4 Å². The highest BCUT2D eigenvalue weighted by Gasteiger charge is 2.49. The van der Waals surface area contributed by atoms with Gasteiger partial charge in [-0.2, -0.15) is 0 Å². The number of rotatable bonds is 6. The van der Waals surface area contributed by atoms with E-state index in [4.69, 9.17) is 0 Å². The van der Waals surface area contributed by atoms with Crippen molar-refractivity contribution in [2.45, 2.75) is 12.3 Å². The van der Waals surface area contributed by atoms with Crippen LogP contribution < -0.4 is 15.6 Å². The van der Waals surface area contributed by atoms with Gasteiger partial charge in [0.25, 0.3) is 5.92 Å². The van der Waals surface area contributed by atoms with Crippen LogP contribution in [0.1, 0.15) is 21.6 Å². The van der Waals surface area contributed by atoms with Gasteiger partial charge in [0.1, 0.15) is 17.0 Å². The summed E-state index contributed by atoms with van der Waals surface area (Å²) in [6, 6.07) is 4.32. The number of carbonyl (C=O) groups is 1. The summed E-state index contributed by atoms with van der Waals surface area (Å²) < 4.78 is 47.1. The zero-order valence-corrected chi connectivity index (χ0v) is 23.5. The van der Waals surface area contributed by atoms with Gasteiger partial charge >= 0.3 is 5.97 Å². The van der Waals surface area contributed by atoms with Crippen LogP contribution in [0.25, 0.3) is 33.3 Å². The normalized spacial score (nSPS) is 17.1. The van der Waals surface area contributed by atoms with Gasteiger partial charge in [-0.25, -0.2) is 22.9 Å². The van der Waals surface area contributed by atoms with Crippen molar-refractivity contribution in [3.8, 4) is 22.3 Å². The molecule has 0 spiro atoms. The summed E-state index contributed by atoms with van der Waals surface area (Å²) in [6.45, 7) is -0.332. The molecule has 218 valence electrons. The van der Waals surface area contributed by atoms with Crippen LogP contribution in [0.3, 0.4) is 0 Å². The quantitative estimate of drug-likeness (QED) is 0.311. The number of aromatic carboxylic acids is 1. The van der Waals surface area contributed by atoms with E-state index < -0.39 is 41.2 Å². The van der Waals surface area contributed by atoms with Crippen LogP contribution in [0.15, 0.2) is 41.6 Å². The van der Waals surface area contributed by atoms with Crippen molar-refractivity contribution in [2.24, 2.45) is 13.0 Å². The molecule has 0 amide bonds. The molecule has 0 bridgehead atoms. The summed E-state index contributed by atoms with van der Waals surface area (Å²) in [5.74, 6) is -5.79. The number of aromatic nitrogens is 3. The lowest BCUT2D eigenvalue weighted by Crippen LogP contribution is -2.34. The first-order valence-corrected chi connectivity index (χ1v) is 13.4. The summed E-state index contributed by atoms with van der Waals surface area (Å²) in [5, 5.41) is 12.7. The molecule has 0 radical (unpaired) electrons. The third kappa shape index (κ3) is 4.37. The first-order valence-electron chi connectivity index (χ1n) is 13.4. The van der Waals surface area contributed by atoms with E-state index in [0.717, 1.165) is 5.56 Å². The van der Waals surface area contributed by atoms with E-state index in [2.05, 4.69) is 15.3 Å². The van der Waals surface area contributed by atoms with Gasteiger partial charge in [-0.3, -0.25) is 9.78 Å². The number of nitrogens with zero attached hydrogens (tertiary/aromatic N) is 5. The summed E-state index contributed by atoms with van der Waals surface area (Å²) >= 11 is 0. The number of halogens is 3. The third-order valence-corrected chi connectivity index (χ3v) is 8.12. The number of alkyl halides is 2. The number of aryl methyl sites for hydroxylation is 1. The summed E-state index contributed by atoms with van der Waals surface area (Å²) in [6.07, 6.45) is 4.69. The zero-order valence-electron chi connectivity index (χ0n) is 23.5. The van der Waals surface area contributed by atoms with Crippen molar-refractivity contribution in [3.05, 3.63) is 69.7 Å². The number of benzene rings is 1. The minimum atomic E-state index is -2.99. The largest absolute Gasteiger partial charge is 0.477 e. The molecule has 1 aromatic carbocycles. The van der Waals surface area contributed by atoms with Crippen LogP contribution in [-0.4, -0.2) is 77.2 Å². The second-order valence-electron chi connectivity index (χ2n) is 11.2. The average Bonchev–Trinajstić information content (AvgIpc) is 3.45. The topological polar surface area (TPSA) is 104 Å². The van der Waals surface area contributed by atoms with E-state index in [0.29, 0.717) is 45.7 Å². The molecule has 4 aromatic rings. The minimum absolute atomic E-state index is 0.0457. The van der Waals surface area contributed by atoms with Crippen LogP contribution in [0, 0.1) is 11.7 Å². The molecule has 1 aliphatic carbocycles. The van der Waals surface area contributed by atoms with Crippen LogP contribution >= 0.6 is 0 Å². The molecule has 1 fully saturated rings. The Hall–Kier alpha value is -4.45. The van der Waals surface area contributed by atoms with Gasteiger partial charge in [0.15, 0.2) is 0 Å². The summed E-state index contributed by atoms with van der Waals surface area (Å²) in [4.78, 5) is 37.3. The lowest BCUT2D eigenvalue weighted by Gasteiger charge is -2.25. The van der Waals surface area contributed by atoms with Crippen molar-refractivity contribution in [2.75, 3.05) is 51.0 Å². The molecule has 2 aliphatic rings. The molecule has 4 heterocycles. The highest BCUT2D eigenvalue weighted by molar-refractivity contribution is 5.98. The van der Waals surface area contributed by atoms with Gasteiger partial charge in [-0.05, 0) is 43.4 Å². The molecular formula is C30H29F3N6O3. The predicted octanol–water partition coefficient (Wildman–Crippen LogP) is 4.08. The fraction of sp³-hybridized carbons (Fsp3) is 0.333. The molecule has 0 saturated carbocycles. The lowest BCUT2D eigenvalue weighted by atomic mass is 9.97. The molecule has 3 aromatic heterocycles. The van der Waals surface area contributed by atoms with Crippen molar-refractivity contribution in [1.82, 2.24) is 19.4 Å². The van der Waals surface area contributed by atoms with Crippen LogP contribution in [0.2, 0.25) is 0 Å². The van der Waals surface area contributed by atoms with Gasteiger partial charge in [-0.1, -0.05) is 0 Å². The van der Waals surface area contributed by atoms with Crippen LogP contribution in [0.5, 0.6) is 0 Å². The fourth-order valence-electron chi connectivity index (χ4n) is 6.25. The van der Waals surface area contributed by atoms with Gasteiger partial charge in [0.2, 0.25) is 5.43 Å². The average molecular weight is 579 g/mol. The summed E-state index contributed by atoms with van der Waals surface area (Å²) in [5.41, 5.74) is 3.62. The predicted molar refractivity (Wildman–Crippen MR) is 154 cm³/mol. The standard InChI is InChI=1S/C30H29F3N6O3/c1-34-23-7-17(31)6-19-18(23)8-24-25(19)26(39-12-16(11-37(2)3)30(32,33)14-39)21(10-35-24)15-5-20-27(40)22(29(41)42)13-38(4)28(20)36-9-15/h5-7,9-10,13,16,34H,8,11-12,14H2,1-4H3,(H,41,42). The fourth-order valence-corrected chi connectivity index (χ4v) is 6.25. The maximum atomic E-state index is 15.4. The number of nitrogens with one attached hydrogen (secondary N) is 1. The van der Waals surface area contributed by atoms with Crippen LogP contribution in [-0.2, 0) is 13.5 Å². The second kappa shape index (κ2) is 9.83. The smallest absolute Gasteiger partial charge is 0.341 e. The molecule has 42 heavy (non-hydrogen) atoms. The van der Waals surface area contributed by atoms with Gasteiger partial charge in [0.05, 0.1) is 29.2 Å². The Balaban J connectivity index is 1.62. The molecule has 1 aliphatic heterocycles. The second-order valence-corrected chi connectivity index (χ2v) is 11.2. The molecular weight excluding hydrogens is 549 g/mol. The highest BCUT2D eigenvalue weighted by Crippen LogP contribution is 2.50. The number of carboxylic acids is 1. The first kappa shape index (κ1) is 27.7. The van der Waals surface area contributed by atoms with Gasteiger partial charge in [-0.15, -0.1) is 0 Å². The Morgan fingerprint density at radius 2 is 1.95 bits per heavy atom. The van der Waals surface area contributed by atoms with Gasteiger partial charge in [0, 0.05) is 74.6 Å². The number of fused-ring (bicyclic) bond motifs is 4. The van der Waals surface area contributed by atoms with Crippen molar-refractivity contribution < 1.29 is 23.1 Å². The number of hydrogen-bond donors (Lipinski definition) is 2. The van der Waals surface area contributed by atoms with Crippen molar-refractivity contribution in [1.29, 1.82) is 0 Å². The first-order chi connectivity index (χ1) is 19.9. The summed E-state index contributed by atoms with van der Waals surface area (Å²) in [7, 11) is 6.78. The monoisotopic (exact) mass is 578 g/mol. The van der Waals surface area contributed by atoms with Gasteiger partial charge < -0.3 is 24.8 Å². The molecule has 12 heteroatoms. The van der Waals surface area contributed by atoms with E-state index in [1.54, 1.807) is 44.2 Å². The van der Waals surface area contributed by atoms with E-state index in [9.17, 15) is 19.1 Å². The van der Waals surface area contributed by atoms with E-state index >= 15 is 8.78 Å². The highest BCUT2D eigenvalue weighted by atomic mass is 19.3. The zero-order chi connectivity index (χ0) is 30.1. The Bertz CT molecular complexity index is 1840. The number of carboxylic acid groups (broad SMARTS) is 1.